The van der Waals surface area contributed by atoms with Gasteiger partial charge in [0.05, 0.1) is 0 Å². The second-order valence-corrected chi connectivity index (χ2v) is 9.81. The Hall–Kier alpha value is -3.90. The molecule has 0 fully saturated rings. The maximum Gasteiger partial charge on any atom is 0.0159 e. The van der Waals surface area contributed by atoms with Gasteiger partial charge in [-0.3, -0.25) is 0 Å². The van der Waals surface area contributed by atoms with Crippen molar-refractivity contribution in [3.05, 3.63) is 138 Å². The quantitative estimate of drug-likeness (QED) is 0.263. The van der Waals surface area contributed by atoms with E-state index in [2.05, 4.69) is 135 Å². The largest absolute Gasteiger partial charge is 0.0795 e. The third-order valence-electron chi connectivity index (χ3n) is 7.33. The molecule has 5 aromatic rings. The van der Waals surface area contributed by atoms with Crippen LogP contribution in [0.25, 0.3) is 39.1 Å². The van der Waals surface area contributed by atoms with E-state index >= 15 is 0 Å². The van der Waals surface area contributed by atoms with Crippen molar-refractivity contribution >= 4 is 16.8 Å². The predicted molar refractivity (Wildman–Crippen MR) is 146 cm³/mol. The van der Waals surface area contributed by atoms with Crippen molar-refractivity contribution in [2.24, 2.45) is 0 Å². The van der Waals surface area contributed by atoms with Crippen molar-refractivity contribution in [1.29, 1.82) is 0 Å². The van der Waals surface area contributed by atoms with E-state index in [1.165, 1.54) is 55.3 Å². The maximum absolute atomic E-state index is 2.37. The summed E-state index contributed by atoms with van der Waals surface area (Å²) in [5.74, 6) is 0. The van der Waals surface area contributed by atoms with E-state index in [1.54, 1.807) is 0 Å². The molecule has 0 nitrogen and oxygen atoms in total. The highest BCUT2D eigenvalue weighted by Crippen LogP contribution is 2.48. The summed E-state index contributed by atoms with van der Waals surface area (Å²) >= 11 is 0. The number of allylic oxidation sites excluding steroid dienone is 1. The van der Waals surface area contributed by atoms with Gasteiger partial charge in [-0.05, 0) is 61.7 Å². The molecular formula is C34H28. The normalized spacial score (nSPS) is 13.8. The molecule has 6 rings (SSSR count). The third kappa shape index (κ3) is 3.47. The molecule has 0 N–H and O–H groups in total. The second kappa shape index (κ2) is 8.15. The fraction of sp³-hybridized carbons (Fsp3) is 0.118. The van der Waals surface area contributed by atoms with Crippen molar-refractivity contribution in [3.63, 3.8) is 0 Å². The van der Waals surface area contributed by atoms with Crippen LogP contribution in [0.2, 0.25) is 0 Å². The van der Waals surface area contributed by atoms with Gasteiger partial charge >= 0.3 is 0 Å². The molecule has 164 valence electrons. The summed E-state index contributed by atoms with van der Waals surface area (Å²) in [6.45, 7) is 4.67. The van der Waals surface area contributed by atoms with Gasteiger partial charge in [-0.25, -0.2) is 0 Å². The molecule has 1 aliphatic carbocycles. The van der Waals surface area contributed by atoms with Crippen LogP contribution in [0.5, 0.6) is 0 Å². The highest BCUT2D eigenvalue weighted by atomic mass is 14.4. The zero-order valence-electron chi connectivity index (χ0n) is 19.8. The lowest BCUT2D eigenvalue weighted by atomic mass is 9.82. The number of hydrogen-bond donors (Lipinski definition) is 0. The Labute approximate surface area is 202 Å². The lowest BCUT2D eigenvalue weighted by Crippen LogP contribution is -2.14. The molecule has 0 aromatic heterocycles. The van der Waals surface area contributed by atoms with Crippen LogP contribution < -0.4 is 0 Å². The van der Waals surface area contributed by atoms with Gasteiger partial charge in [-0.1, -0.05) is 135 Å². The highest BCUT2D eigenvalue weighted by Gasteiger charge is 2.34. The minimum atomic E-state index is 0.0488. The average Bonchev–Trinajstić information content (AvgIpc) is 3.11. The summed E-state index contributed by atoms with van der Waals surface area (Å²) in [5.41, 5.74) is 10.8. The Kier molecular flexibility index (Phi) is 4.96. The molecule has 1 aliphatic rings. The van der Waals surface area contributed by atoms with Gasteiger partial charge in [0.2, 0.25) is 0 Å². The standard InChI is InChI=1S/C34H28/c1-34(2)32-16-6-5-14-30(32)31-22-19-25(23-33(31)34)10-7-9-24-17-20-27(21-18-24)29-15-8-12-26-11-3-4-13-28(26)29/h3-8,10-23H,9H2,1-2H3/b10-7+. The Morgan fingerprint density at radius 1 is 0.618 bits per heavy atom. The summed E-state index contributed by atoms with van der Waals surface area (Å²) in [5, 5.41) is 2.59. The van der Waals surface area contributed by atoms with Crippen molar-refractivity contribution in [3.8, 4) is 22.3 Å². The Balaban J connectivity index is 1.21. The molecule has 0 saturated heterocycles. The van der Waals surface area contributed by atoms with E-state index in [1.807, 2.05) is 0 Å². The van der Waals surface area contributed by atoms with Gasteiger partial charge in [-0.2, -0.15) is 0 Å². The molecule has 0 aliphatic heterocycles. The van der Waals surface area contributed by atoms with E-state index in [9.17, 15) is 0 Å². The van der Waals surface area contributed by atoms with Crippen LogP contribution in [0.4, 0.5) is 0 Å². The van der Waals surface area contributed by atoms with Gasteiger partial charge < -0.3 is 0 Å². The summed E-state index contributed by atoms with van der Waals surface area (Å²) in [7, 11) is 0. The lowest BCUT2D eigenvalue weighted by molar-refractivity contribution is 0.660. The average molecular weight is 437 g/mol. The molecule has 5 aromatic carbocycles. The number of fused-ring (bicyclic) bond motifs is 4. The number of rotatable bonds is 4. The Morgan fingerprint density at radius 2 is 1.32 bits per heavy atom. The summed E-state index contributed by atoms with van der Waals surface area (Å²) in [4.78, 5) is 0. The van der Waals surface area contributed by atoms with Crippen LogP contribution >= 0.6 is 0 Å². The van der Waals surface area contributed by atoms with Crippen molar-refractivity contribution in [2.75, 3.05) is 0 Å². The van der Waals surface area contributed by atoms with Gasteiger partial charge in [0, 0.05) is 5.41 Å². The van der Waals surface area contributed by atoms with Crippen LogP contribution in [0, 0.1) is 0 Å². The monoisotopic (exact) mass is 436 g/mol. The molecule has 0 heterocycles. The molecule has 0 saturated carbocycles. The van der Waals surface area contributed by atoms with Gasteiger partial charge in [0.15, 0.2) is 0 Å². The van der Waals surface area contributed by atoms with Crippen LogP contribution in [-0.4, -0.2) is 0 Å². The van der Waals surface area contributed by atoms with E-state index in [0.29, 0.717) is 0 Å². The van der Waals surface area contributed by atoms with E-state index < -0.39 is 0 Å². The molecule has 0 unspecified atom stereocenters. The minimum absolute atomic E-state index is 0.0488. The second-order valence-electron chi connectivity index (χ2n) is 9.81. The van der Waals surface area contributed by atoms with Crippen LogP contribution in [-0.2, 0) is 11.8 Å². The van der Waals surface area contributed by atoms with E-state index in [0.717, 1.165) is 6.42 Å². The first-order chi connectivity index (χ1) is 16.6. The van der Waals surface area contributed by atoms with Crippen molar-refractivity contribution < 1.29 is 0 Å². The van der Waals surface area contributed by atoms with Crippen molar-refractivity contribution in [2.45, 2.75) is 25.7 Å². The number of hydrogen-bond acceptors (Lipinski definition) is 0. The molecule has 0 atom stereocenters. The molecular weight excluding hydrogens is 408 g/mol. The molecule has 0 heteroatoms. The molecule has 0 bridgehead atoms. The summed E-state index contributed by atoms with van der Waals surface area (Å²) < 4.78 is 0. The fourth-order valence-electron chi connectivity index (χ4n) is 5.45. The highest BCUT2D eigenvalue weighted by molar-refractivity contribution is 5.96. The van der Waals surface area contributed by atoms with Gasteiger partial charge in [-0.15, -0.1) is 0 Å². The van der Waals surface area contributed by atoms with Crippen LogP contribution in [0.3, 0.4) is 0 Å². The first-order valence-electron chi connectivity index (χ1n) is 12.1. The first kappa shape index (κ1) is 20.7. The maximum atomic E-state index is 2.37. The van der Waals surface area contributed by atoms with Gasteiger partial charge in [0.1, 0.15) is 0 Å². The van der Waals surface area contributed by atoms with Crippen molar-refractivity contribution in [1.82, 2.24) is 0 Å². The summed E-state index contributed by atoms with van der Waals surface area (Å²) in [6, 6.07) is 39.9. The zero-order chi connectivity index (χ0) is 23.1. The Morgan fingerprint density at radius 3 is 2.21 bits per heavy atom. The summed E-state index contributed by atoms with van der Waals surface area (Å²) in [6.07, 6.45) is 5.47. The smallest absolute Gasteiger partial charge is 0.0159 e. The molecule has 0 amide bonds. The number of benzene rings is 5. The van der Waals surface area contributed by atoms with Gasteiger partial charge in [0.25, 0.3) is 0 Å². The molecule has 0 spiro atoms. The van der Waals surface area contributed by atoms with E-state index in [4.69, 9.17) is 0 Å². The van der Waals surface area contributed by atoms with Crippen LogP contribution in [0.1, 0.15) is 36.1 Å². The SMILES string of the molecule is CC1(C)c2ccccc2-c2ccc(/C=C/Cc3ccc(-c4cccc5ccccc45)cc3)cc21. The fourth-order valence-corrected chi connectivity index (χ4v) is 5.45. The Bertz CT molecular complexity index is 1530. The predicted octanol–water partition coefficient (Wildman–Crippen LogP) is 9.07. The minimum Gasteiger partial charge on any atom is -0.0795 e. The zero-order valence-corrected chi connectivity index (χ0v) is 19.8. The van der Waals surface area contributed by atoms with E-state index in [-0.39, 0.29) is 5.41 Å². The topological polar surface area (TPSA) is 0 Å². The lowest BCUT2D eigenvalue weighted by Gasteiger charge is -2.21. The molecule has 0 radical (unpaired) electrons. The molecule has 34 heavy (non-hydrogen) atoms. The third-order valence-corrected chi connectivity index (χ3v) is 7.33. The van der Waals surface area contributed by atoms with Crippen LogP contribution in [0.15, 0.2) is 115 Å². The first-order valence-corrected chi connectivity index (χ1v) is 12.1.